The normalized spacial score (nSPS) is 18.5. The number of Topliss-reactive ketones (excluding diaryl/α,β-unsaturated/α-hetero) is 1. The van der Waals surface area contributed by atoms with E-state index in [1.54, 1.807) is 0 Å². The average molecular weight is 542 g/mol. The third-order valence-electron chi connectivity index (χ3n) is 6.43. The number of nitrogens with zero attached hydrogens (tertiary/aromatic N) is 4. The number of nitrogens with one attached hydrogen (secondary N) is 1. The maximum absolute atomic E-state index is 13.0. The molecule has 2 aromatic rings. The van der Waals surface area contributed by atoms with Crippen molar-refractivity contribution in [2.24, 2.45) is 5.41 Å². The molecule has 1 aromatic carbocycles. The van der Waals surface area contributed by atoms with E-state index in [-0.39, 0.29) is 35.4 Å². The lowest BCUT2D eigenvalue weighted by Gasteiger charge is -2.36. The molecule has 1 aromatic heterocycles. The van der Waals surface area contributed by atoms with Crippen LogP contribution in [0.1, 0.15) is 42.1 Å². The molecule has 37 heavy (non-hydrogen) atoms. The molecule has 1 amide bonds. The number of alkyl halides is 3. The molecule has 0 spiro atoms. The molecular formula is C24H30F3N5O4S. The lowest BCUT2D eigenvalue weighted by atomic mass is 9.83. The molecule has 13 heteroatoms. The molecular weight excluding hydrogens is 511 g/mol. The number of halogens is 3. The van der Waals surface area contributed by atoms with Gasteiger partial charge >= 0.3 is 6.36 Å². The average Bonchev–Trinajstić information content (AvgIpc) is 3.28. The van der Waals surface area contributed by atoms with Gasteiger partial charge in [-0.3, -0.25) is 14.5 Å². The van der Waals surface area contributed by atoms with Crippen LogP contribution in [0.2, 0.25) is 0 Å². The van der Waals surface area contributed by atoms with Crippen LogP contribution in [0.15, 0.2) is 18.2 Å². The minimum absolute atomic E-state index is 0.0196. The third kappa shape index (κ3) is 7.86. The highest BCUT2D eigenvalue weighted by Crippen LogP contribution is 2.34. The number of carbonyl (C=O) groups is 2. The van der Waals surface area contributed by atoms with E-state index in [1.165, 1.54) is 23.5 Å². The molecule has 2 fully saturated rings. The monoisotopic (exact) mass is 541 g/mol. The van der Waals surface area contributed by atoms with Gasteiger partial charge in [-0.25, -0.2) is 0 Å². The van der Waals surface area contributed by atoms with Gasteiger partial charge in [-0.15, -0.1) is 23.4 Å². The molecule has 202 valence electrons. The number of amides is 1. The van der Waals surface area contributed by atoms with Crippen molar-refractivity contribution >= 4 is 33.8 Å². The minimum Gasteiger partial charge on any atom is -0.404 e. The standard InChI is InChI=1S/C24H30F3N5O4S/c1-23(2)5-7-32(8-6-23)22-30-29-21(37-22)14-18(33)16-3-4-19(36-24(25,26)27)17(13-16)28-20(34)15-31-9-11-35-12-10-31/h3-4,13H,5-12,14-15H2,1-2H3,(H,28,34). The molecule has 1 N–H and O–H groups in total. The zero-order valence-electron chi connectivity index (χ0n) is 20.8. The lowest BCUT2D eigenvalue weighted by molar-refractivity contribution is -0.274. The first-order chi connectivity index (χ1) is 17.5. The number of aromatic nitrogens is 2. The van der Waals surface area contributed by atoms with E-state index >= 15 is 0 Å². The summed E-state index contributed by atoms with van der Waals surface area (Å²) in [4.78, 5) is 29.5. The molecule has 0 aliphatic carbocycles. The van der Waals surface area contributed by atoms with Crippen molar-refractivity contribution in [2.75, 3.05) is 56.2 Å². The number of benzene rings is 1. The van der Waals surface area contributed by atoms with Gasteiger partial charge in [0.05, 0.1) is 31.9 Å². The summed E-state index contributed by atoms with van der Waals surface area (Å²) >= 11 is 1.33. The lowest BCUT2D eigenvalue weighted by Crippen LogP contribution is -2.41. The first-order valence-corrected chi connectivity index (χ1v) is 12.9. The van der Waals surface area contributed by atoms with Gasteiger partial charge in [-0.2, -0.15) is 0 Å². The number of hydrogen-bond donors (Lipinski definition) is 1. The van der Waals surface area contributed by atoms with Gasteiger partial charge in [0.15, 0.2) is 11.5 Å². The molecule has 9 nitrogen and oxygen atoms in total. The van der Waals surface area contributed by atoms with Crippen molar-refractivity contribution in [1.29, 1.82) is 0 Å². The smallest absolute Gasteiger partial charge is 0.404 e. The molecule has 4 rings (SSSR count). The highest BCUT2D eigenvalue weighted by molar-refractivity contribution is 7.15. The van der Waals surface area contributed by atoms with Crippen molar-refractivity contribution in [3.63, 3.8) is 0 Å². The largest absolute Gasteiger partial charge is 0.573 e. The SMILES string of the molecule is CC1(C)CCN(c2nnc(CC(=O)c3ccc(OC(F)(F)F)c(NC(=O)CN4CCOCC4)c3)s2)CC1. The zero-order chi connectivity index (χ0) is 26.6. The Morgan fingerprint density at radius 1 is 1.14 bits per heavy atom. The molecule has 2 aliphatic heterocycles. The fraction of sp³-hybridized carbons (Fsp3) is 0.583. The van der Waals surface area contributed by atoms with Crippen LogP contribution in [-0.2, 0) is 16.0 Å². The second kappa shape index (κ2) is 11.3. The van der Waals surface area contributed by atoms with Crippen molar-refractivity contribution in [2.45, 2.75) is 39.5 Å². The summed E-state index contributed by atoms with van der Waals surface area (Å²) in [6.07, 6.45) is -2.94. The highest BCUT2D eigenvalue weighted by Gasteiger charge is 2.33. The summed E-state index contributed by atoms with van der Waals surface area (Å²) in [5.41, 5.74) is 0.195. The van der Waals surface area contributed by atoms with Gasteiger partial charge in [-0.05, 0) is 36.5 Å². The summed E-state index contributed by atoms with van der Waals surface area (Å²) in [5, 5.41) is 12.1. The van der Waals surface area contributed by atoms with Gasteiger partial charge in [0.2, 0.25) is 11.0 Å². The number of piperidine rings is 1. The number of ketones is 1. The summed E-state index contributed by atoms with van der Waals surface area (Å²) in [5.74, 6) is -1.47. The Bertz CT molecular complexity index is 1110. The second-order valence-electron chi connectivity index (χ2n) is 9.93. The molecule has 2 aliphatic rings. The van der Waals surface area contributed by atoms with E-state index in [1.807, 2.05) is 4.90 Å². The molecule has 0 bridgehead atoms. The topological polar surface area (TPSA) is 96.9 Å². The van der Waals surface area contributed by atoms with E-state index < -0.39 is 18.0 Å². The molecule has 0 radical (unpaired) electrons. The van der Waals surface area contributed by atoms with Crippen molar-refractivity contribution in [1.82, 2.24) is 15.1 Å². The van der Waals surface area contributed by atoms with Crippen LogP contribution in [0.4, 0.5) is 24.0 Å². The van der Waals surface area contributed by atoms with Crippen LogP contribution in [0.5, 0.6) is 5.75 Å². The van der Waals surface area contributed by atoms with Gasteiger partial charge in [0.1, 0.15) is 5.01 Å². The molecule has 0 unspecified atom stereocenters. The third-order valence-corrected chi connectivity index (χ3v) is 7.41. The zero-order valence-corrected chi connectivity index (χ0v) is 21.6. The van der Waals surface area contributed by atoms with E-state index in [2.05, 4.69) is 39.0 Å². The molecule has 2 saturated heterocycles. The van der Waals surface area contributed by atoms with Crippen LogP contribution in [-0.4, -0.2) is 79.1 Å². The maximum Gasteiger partial charge on any atom is 0.573 e. The Balaban J connectivity index is 1.44. The summed E-state index contributed by atoms with van der Waals surface area (Å²) in [6, 6.07) is 3.48. The summed E-state index contributed by atoms with van der Waals surface area (Å²) in [6.45, 7) is 8.21. The van der Waals surface area contributed by atoms with Gasteiger partial charge < -0.3 is 19.7 Å². The van der Waals surface area contributed by atoms with E-state index in [0.29, 0.717) is 31.3 Å². The quantitative estimate of drug-likeness (QED) is 0.505. The summed E-state index contributed by atoms with van der Waals surface area (Å²) in [7, 11) is 0. The maximum atomic E-state index is 13.0. The van der Waals surface area contributed by atoms with E-state index in [9.17, 15) is 22.8 Å². The van der Waals surface area contributed by atoms with Crippen LogP contribution in [0, 0.1) is 5.41 Å². The van der Waals surface area contributed by atoms with Gasteiger partial charge in [0, 0.05) is 31.7 Å². The van der Waals surface area contributed by atoms with Crippen LogP contribution in [0.25, 0.3) is 0 Å². The number of anilines is 2. The van der Waals surface area contributed by atoms with E-state index in [0.717, 1.165) is 37.1 Å². The Labute approximate surface area is 216 Å². The molecule has 0 saturated carbocycles. The minimum atomic E-state index is -4.96. The fourth-order valence-electron chi connectivity index (χ4n) is 4.15. The van der Waals surface area contributed by atoms with Crippen LogP contribution in [0.3, 0.4) is 0 Å². The highest BCUT2D eigenvalue weighted by atomic mass is 32.1. The van der Waals surface area contributed by atoms with Crippen molar-refractivity contribution in [3.05, 3.63) is 28.8 Å². The first kappa shape index (κ1) is 27.3. The van der Waals surface area contributed by atoms with Crippen molar-refractivity contribution < 1.29 is 32.2 Å². The second-order valence-corrected chi connectivity index (χ2v) is 11.0. The number of ether oxygens (including phenoxy) is 2. The van der Waals surface area contributed by atoms with Gasteiger partial charge in [0.25, 0.3) is 0 Å². The Kier molecular flexibility index (Phi) is 8.34. The first-order valence-electron chi connectivity index (χ1n) is 12.1. The molecule has 0 atom stereocenters. The Morgan fingerprint density at radius 2 is 1.84 bits per heavy atom. The predicted molar refractivity (Wildman–Crippen MR) is 132 cm³/mol. The predicted octanol–water partition coefficient (Wildman–Crippen LogP) is 3.76. The van der Waals surface area contributed by atoms with Crippen LogP contribution < -0.4 is 15.0 Å². The number of rotatable bonds is 8. The molecule has 3 heterocycles. The number of hydrogen-bond acceptors (Lipinski definition) is 9. The number of carbonyl (C=O) groups excluding carboxylic acids is 2. The summed E-state index contributed by atoms with van der Waals surface area (Å²) < 4.78 is 48.1. The Morgan fingerprint density at radius 3 is 2.51 bits per heavy atom. The Hall–Kier alpha value is -2.77. The number of morpholine rings is 1. The fourth-order valence-corrected chi connectivity index (χ4v) is 5.04. The van der Waals surface area contributed by atoms with Gasteiger partial charge in [-0.1, -0.05) is 25.2 Å². The van der Waals surface area contributed by atoms with Crippen molar-refractivity contribution in [3.8, 4) is 5.75 Å². The van der Waals surface area contributed by atoms with Crippen LogP contribution >= 0.6 is 11.3 Å². The van der Waals surface area contributed by atoms with E-state index in [4.69, 9.17) is 4.74 Å².